The number of benzene rings is 1. The Morgan fingerprint density at radius 3 is 2.43 bits per heavy atom. The molecule has 0 atom stereocenters. The fraction of sp³-hybridized carbons (Fsp3) is 0.588. The number of hydrogen-bond donors (Lipinski definition) is 1. The predicted octanol–water partition coefficient (Wildman–Crippen LogP) is 5.16. The highest BCUT2D eigenvalue weighted by Crippen LogP contribution is 2.51. The molecule has 0 saturated heterocycles. The van der Waals surface area contributed by atoms with E-state index in [0.29, 0.717) is 22.8 Å². The highest BCUT2D eigenvalue weighted by molar-refractivity contribution is 9.10. The van der Waals surface area contributed by atoms with Gasteiger partial charge in [-0.3, -0.25) is 0 Å². The quantitative estimate of drug-likeness (QED) is 0.772. The van der Waals surface area contributed by atoms with Crippen molar-refractivity contribution < 1.29 is 0 Å². The largest absolute Gasteiger partial charge is 0.369 e. The predicted molar refractivity (Wildman–Crippen MR) is 92.3 cm³/mol. The Bertz CT molecular complexity index is 669. The normalized spacial score (nSPS) is 21.8. The maximum atomic E-state index is 6.25. The zero-order chi connectivity index (χ0) is 15.4. The molecule has 2 aromatic rings. The minimum Gasteiger partial charge on any atom is -0.369 e. The molecule has 1 aliphatic carbocycles. The summed E-state index contributed by atoms with van der Waals surface area (Å²) in [6.07, 6.45) is 3.56. The third-order valence-electron chi connectivity index (χ3n) is 4.58. The van der Waals surface area contributed by atoms with Crippen LogP contribution in [0.4, 0.5) is 5.95 Å². The summed E-state index contributed by atoms with van der Waals surface area (Å²) in [5, 5.41) is 0. The summed E-state index contributed by atoms with van der Waals surface area (Å²) in [7, 11) is 0. The lowest BCUT2D eigenvalue weighted by Gasteiger charge is -2.45. The number of halogens is 1. The van der Waals surface area contributed by atoms with Crippen molar-refractivity contribution in [2.75, 3.05) is 5.73 Å². The number of nitrogen functional groups attached to an aromatic ring is 1. The number of nitrogens with two attached hydrogens (primary N) is 1. The topological polar surface area (TPSA) is 43.8 Å². The van der Waals surface area contributed by atoms with Crippen LogP contribution >= 0.6 is 15.9 Å². The minimum atomic E-state index is 0.335. The van der Waals surface area contributed by atoms with Gasteiger partial charge in [-0.2, -0.15) is 0 Å². The first kappa shape index (κ1) is 14.9. The fourth-order valence-electron chi connectivity index (χ4n) is 4.44. The molecule has 0 spiro atoms. The lowest BCUT2D eigenvalue weighted by Crippen LogP contribution is -2.35. The average Bonchev–Trinajstić information content (AvgIpc) is 2.60. The Balaban J connectivity index is 2.11. The van der Waals surface area contributed by atoms with Crippen LogP contribution in [0.2, 0.25) is 0 Å². The van der Waals surface area contributed by atoms with Crippen LogP contribution in [0.3, 0.4) is 0 Å². The number of imidazole rings is 1. The van der Waals surface area contributed by atoms with Gasteiger partial charge in [0, 0.05) is 10.5 Å². The number of nitrogens with zero attached hydrogens (tertiary/aromatic N) is 2. The maximum Gasteiger partial charge on any atom is 0.201 e. The first-order valence-electron chi connectivity index (χ1n) is 7.60. The molecule has 114 valence electrons. The number of hydrogen-bond acceptors (Lipinski definition) is 2. The summed E-state index contributed by atoms with van der Waals surface area (Å²) < 4.78 is 3.33. The van der Waals surface area contributed by atoms with Gasteiger partial charge in [0.25, 0.3) is 0 Å². The molecule has 21 heavy (non-hydrogen) atoms. The molecule has 1 heterocycles. The van der Waals surface area contributed by atoms with Crippen molar-refractivity contribution >= 4 is 32.9 Å². The third kappa shape index (κ3) is 2.83. The van der Waals surface area contributed by atoms with E-state index in [-0.39, 0.29) is 0 Å². The van der Waals surface area contributed by atoms with Gasteiger partial charge in [0.05, 0.1) is 11.0 Å². The second-order valence-electron chi connectivity index (χ2n) is 8.04. The van der Waals surface area contributed by atoms with Gasteiger partial charge in [-0.25, -0.2) is 4.98 Å². The van der Waals surface area contributed by atoms with E-state index in [0.717, 1.165) is 28.3 Å². The van der Waals surface area contributed by atoms with E-state index in [1.54, 1.807) is 0 Å². The van der Waals surface area contributed by atoms with Gasteiger partial charge < -0.3 is 10.3 Å². The minimum absolute atomic E-state index is 0.335. The highest BCUT2D eigenvalue weighted by Gasteiger charge is 2.40. The Morgan fingerprint density at radius 1 is 1.19 bits per heavy atom. The molecular formula is C17H24BrN3. The average molecular weight is 350 g/mol. The molecule has 0 unspecified atom stereocenters. The molecule has 0 aliphatic heterocycles. The zero-order valence-electron chi connectivity index (χ0n) is 13.3. The standard InChI is InChI=1S/C17H24BrN3/c1-16(2)8-12(9-17(3,4)10-16)21-14-7-11(18)5-6-13(14)20-15(21)19/h5-7,12H,8-10H2,1-4H3,(H2,19,20). The van der Waals surface area contributed by atoms with Crippen molar-refractivity contribution in [3.8, 4) is 0 Å². The smallest absolute Gasteiger partial charge is 0.201 e. The van der Waals surface area contributed by atoms with E-state index in [2.05, 4.69) is 59.2 Å². The Kier molecular flexibility index (Phi) is 3.36. The van der Waals surface area contributed by atoms with Gasteiger partial charge in [-0.15, -0.1) is 0 Å². The Morgan fingerprint density at radius 2 is 1.81 bits per heavy atom. The van der Waals surface area contributed by atoms with Crippen LogP contribution in [0.1, 0.15) is 53.0 Å². The van der Waals surface area contributed by atoms with Crippen LogP contribution in [0.5, 0.6) is 0 Å². The second-order valence-corrected chi connectivity index (χ2v) is 8.96. The van der Waals surface area contributed by atoms with Gasteiger partial charge >= 0.3 is 0 Å². The molecule has 3 rings (SSSR count). The van der Waals surface area contributed by atoms with Gasteiger partial charge in [-0.05, 0) is 48.3 Å². The summed E-state index contributed by atoms with van der Waals surface area (Å²) in [6.45, 7) is 9.47. The van der Waals surface area contributed by atoms with E-state index in [4.69, 9.17) is 5.73 Å². The van der Waals surface area contributed by atoms with Crippen molar-refractivity contribution in [1.29, 1.82) is 0 Å². The summed E-state index contributed by atoms with van der Waals surface area (Å²) in [6, 6.07) is 6.61. The van der Waals surface area contributed by atoms with E-state index in [9.17, 15) is 0 Å². The number of rotatable bonds is 1. The van der Waals surface area contributed by atoms with Gasteiger partial charge in [0.2, 0.25) is 5.95 Å². The van der Waals surface area contributed by atoms with Crippen LogP contribution in [0.25, 0.3) is 11.0 Å². The highest BCUT2D eigenvalue weighted by atomic mass is 79.9. The summed E-state index contributed by atoms with van der Waals surface area (Å²) in [4.78, 5) is 4.54. The molecule has 0 amide bonds. The van der Waals surface area contributed by atoms with E-state index in [1.165, 1.54) is 6.42 Å². The summed E-state index contributed by atoms with van der Waals surface area (Å²) in [5.41, 5.74) is 9.04. The molecule has 0 radical (unpaired) electrons. The first-order chi connectivity index (χ1) is 9.67. The zero-order valence-corrected chi connectivity index (χ0v) is 14.9. The molecule has 1 fully saturated rings. The molecular weight excluding hydrogens is 326 g/mol. The second kappa shape index (κ2) is 4.73. The van der Waals surface area contributed by atoms with Gasteiger partial charge in [0.15, 0.2) is 0 Å². The first-order valence-corrected chi connectivity index (χ1v) is 8.39. The molecule has 1 aromatic heterocycles. The van der Waals surface area contributed by atoms with Crippen molar-refractivity contribution in [2.24, 2.45) is 10.8 Å². The molecule has 3 nitrogen and oxygen atoms in total. The Hall–Kier alpha value is -1.03. The molecule has 4 heteroatoms. The lowest BCUT2D eigenvalue weighted by molar-refractivity contribution is 0.0746. The monoisotopic (exact) mass is 349 g/mol. The molecule has 1 saturated carbocycles. The molecule has 2 N–H and O–H groups in total. The van der Waals surface area contributed by atoms with Crippen LogP contribution in [0, 0.1) is 10.8 Å². The van der Waals surface area contributed by atoms with Crippen LogP contribution in [-0.2, 0) is 0 Å². The van der Waals surface area contributed by atoms with Crippen LogP contribution in [0.15, 0.2) is 22.7 Å². The number of anilines is 1. The third-order valence-corrected chi connectivity index (χ3v) is 5.07. The SMILES string of the molecule is CC1(C)CC(n2c(N)nc3ccc(Br)cc32)CC(C)(C)C1. The van der Waals surface area contributed by atoms with E-state index in [1.807, 2.05) is 12.1 Å². The van der Waals surface area contributed by atoms with Gasteiger partial charge in [0.1, 0.15) is 0 Å². The van der Waals surface area contributed by atoms with Crippen molar-refractivity contribution in [1.82, 2.24) is 9.55 Å². The molecule has 0 bridgehead atoms. The molecule has 1 aliphatic rings. The van der Waals surface area contributed by atoms with Crippen molar-refractivity contribution in [2.45, 2.75) is 53.0 Å². The Labute approximate surface area is 135 Å². The number of fused-ring (bicyclic) bond motifs is 1. The van der Waals surface area contributed by atoms with Crippen molar-refractivity contribution in [3.63, 3.8) is 0 Å². The van der Waals surface area contributed by atoms with E-state index >= 15 is 0 Å². The van der Waals surface area contributed by atoms with Crippen LogP contribution < -0.4 is 5.73 Å². The van der Waals surface area contributed by atoms with E-state index < -0.39 is 0 Å². The number of aromatic nitrogens is 2. The summed E-state index contributed by atoms with van der Waals surface area (Å²) in [5.74, 6) is 0.640. The van der Waals surface area contributed by atoms with Gasteiger partial charge in [-0.1, -0.05) is 43.6 Å². The maximum absolute atomic E-state index is 6.25. The molecule has 1 aromatic carbocycles. The lowest BCUT2D eigenvalue weighted by atomic mass is 9.63. The van der Waals surface area contributed by atoms with Crippen LogP contribution in [-0.4, -0.2) is 9.55 Å². The summed E-state index contributed by atoms with van der Waals surface area (Å²) >= 11 is 3.56. The fourth-order valence-corrected chi connectivity index (χ4v) is 4.79. The van der Waals surface area contributed by atoms with Crippen molar-refractivity contribution in [3.05, 3.63) is 22.7 Å².